The summed E-state index contributed by atoms with van der Waals surface area (Å²) in [5.41, 5.74) is 12.2. The standard InChI is InChI=1S/C46H45NO/c1-30-26-35-15-7-9-18-39(35)44(29-30)47(36-24-22-34(23-25-36)38-19-10-16-32-14-6-8-17-37(32)38)43-21-11-20-40-42-28-31(2)27-41(45(42)48-46(40)43)33-12-4-3-5-13-33/h3-4,6-10,12,14-19,22-25,27,29-31,40,42,45H,5,11,13,20-21,26,28H2,1-2H3/t30-,31?,40?,42?,45?/m1/s1. The first-order chi connectivity index (χ1) is 23.6. The Labute approximate surface area is 285 Å². The first-order valence-electron chi connectivity index (χ1n) is 18.3. The first-order valence-corrected chi connectivity index (χ1v) is 18.3. The highest BCUT2D eigenvalue weighted by atomic mass is 16.5. The van der Waals surface area contributed by atoms with Gasteiger partial charge >= 0.3 is 0 Å². The maximum atomic E-state index is 7.32. The van der Waals surface area contributed by atoms with Gasteiger partial charge in [-0.2, -0.15) is 0 Å². The lowest BCUT2D eigenvalue weighted by Gasteiger charge is -2.37. The third kappa shape index (κ3) is 5.09. The van der Waals surface area contributed by atoms with Gasteiger partial charge in [-0.05, 0) is 108 Å². The van der Waals surface area contributed by atoms with Gasteiger partial charge in [0.25, 0.3) is 0 Å². The van der Waals surface area contributed by atoms with E-state index in [4.69, 9.17) is 4.74 Å². The van der Waals surface area contributed by atoms with Gasteiger partial charge in [0.1, 0.15) is 11.9 Å². The Morgan fingerprint density at radius 2 is 1.58 bits per heavy atom. The molecule has 4 aliphatic carbocycles. The molecular formula is C46H45NO. The second kappa shape index (κ2) is 12.2. The minimum Gasteiger partial charge on any atom is -0.488 e. The number of allylic oxidation sites excluding steroid dienone is 7. The van der Waals surface area contributed by atoms with Crippen LogP contribution in [0.4, 0.5) is 5.69 Å². The lowest BCUT2D eigenvalue weighted by atomic mass is 9.71. The van der Waals surface area contributed by atoms with Crippen molar-refractivity contribution >= 4 is 22.2 Å². The fourth-order valence-corrected chi connectivity index (χ4v) is 9.41. The van der Waals surface area contributed by atoms with Gasteiger partial charge < -0.3 is 9.64 Å². The maximum Gasteiger partial charge on any atom is 0.127 e. The van der Waals surface area contributed by atoms with E-state index >= 15 is 0 Å². The normalized spacial score (nSPS) is 26.1. The van der Waals surface area contributed by atoms with E-state index in [1.54, 1.807) is 0 Å². The molecule has 5 atom stereocenters. The SMILES string of the molecule is CC1C=C(C2=CC=CCC2)C2OC3=C(N(C4=C[C@H](C)Cc5ccccc54)c4ccc(-c5cccc6ccccc56)cc4)CCCC3C2C1. The third-order valence-corrected chi connectivity index (χ3v) is 11.5. The third-order valence-electron chi connectivity index (χ3n) is 11.5. The number of ether oxygens (including phenoxy) is 1. The van der Waals surface area contributed by atoms with Crippen LogP contribution in [0.1, 0.15) is 63.5 Å². The average molecular weight is 628 g/mol. The molecule has 0 spiro atoms. The maximum absolute atomic E-state index is 7.32. The van der Waals surface area contributed by atoms with E-state index in [1.807, 2.05) is 0 Å². The summed E-state index contributed by atoms with van der Waals surface area (Å²) in [6, 6.07) is 33.8. The van der Waals surface area contributed by atoms with Crippen LogP contribution in [0.2, 0.25) is 0 Å². The summed E-state index contributed by atoms with van der Waals surface area (Å²) in [5, 5.41) is 2.58. The van der Waals surface area contributed by atoms with Gasteiger partial charge in [0.2, 0.25) is 0 Å². The van der Waals surface area contributed by atoms with E-state index in [2.05, 4.69) is 140 Å². The molecule has 0 amide bonds. The number of rotatable bonds is 5. The predicted octanol–water partition coefficient (Wildman–Crippen LogP) is 11.8. The second-order valence-electron chi connectivity index (χ2n) is 14.8. The molecule has 0 saturated carbocycles. The number of fused-ring (bicyclic) bond motifs is 5. The van der Waals surface area contributed by atoms with E-state index in [-0.39, 0.29) is 6.10 Å². The molecule has 2 heteroatoms. The zero-order valence-corrected chi connectivity index (χ0v) is 28.2. The van der Waals surface area contributed by atoms with Crippen molar-refractivity contribution in [2.45, 2.75) is 64.9 Å². The largest absolute Gasteiger partial charge is 0.488 e. The lowest BCUT2D eigenvalue weighted by molar-refractivity contribution is 0.145. The highest BCUT2D eigenvalue weighted by molar-refractivity contribution is 5.97. The Hall–Kier alpha value is -4.56. The molecule has 48 heavy (non-hydrogen) atoms. The molecule has 0 aromatic heterocycles. The topological polar surface area (TPSA) is 12.5 Å². The van der Waals surface area contributed by atoms with Gasteiger partial charge in [-0.1, -0.05) is 123 Å². The van der Waals surface area contributed by atoms with Crippen LogP contribution >= 0.6 is 0 Å². The minimum absolute atomic E-state index is 0.161. The van der Waals surface area contributed by atoms with E-state index < -0.39 is 0 Å². The molecule has 2 nitrogen and oxygen atoms in total. The van der Waals surface area contributed by atoms with Crippen molar-refractivity contribution in [2.75, 3.05) is 4.90 Å². The van der Waals surface area contributed by atoms with Crippen molar-refractivity contribution < 1.29 is 4.74 Å². The number of benzene rings is 4. The molecule has 5 aliphatic rings. The summed E-state index contributed by atoms with van der Waals surface area (Å²) in [5.74, 6) is 3.31. The van der Waals surface area contributed by atoms with Gasteiger partial charge in [0, 0.05) is 28.8 Å². The van der Waals surface area contributed by atoms with Gasteiger partial charge in [-0.25, -0.2) is 0 Å². The van der Waals surface area contributed by atoms with Gasteiger partial charge in [0.15, 0.2) is 0 Å². The summed E-state index contributed by atoms with van der Waals surface area (Å²) in [6.45, 7) is 4.78. The molecule has 1 saturated heterocycles. The minimum atomic E-state index is 0.161. The molecule has 0 radical (unpaired) electrons. The van der Waals surface area contributed by atoms with Crippen molar-refractivity contribution in [3.63, 3.8) is 0 Å². The fraction of sp³-hybridized carbons (Fsp3) is 0.304. The summed E-state index contributed by atoms with van der Waals surface area (Å²) in [7, 11) is 0. The smallest absolute Gasteiger partial charge is 0.127 e. The van der Waals surface area contributed by atoms with Crippen LogP contribution in [-0.4, -0.2) is 6.10 Å². The number of hydrogen-bond donors (Lipinski definition) is 0. The van der Waals surface area contributed by atoms with E-state index in [1.165, 1.54) is 86.3 Å². The van der Waals surface area contributed by atoms with E-state index in [0.29, 0.717) is 23.7 Å². The van der Waals surface area contributed by atoms with Crippen molar-refractivity contribution in [2.24, 2.45) is 23.7 Å². The molecule has 0 bridgehead atoms. The fourth-order valence-electron chi connectivity index (χ4n) is 9.41. The van der Waals surface area contributed by atoms with Crippen LogP contribution < -0.4 is 4.90 Å². The van der Waals surface area contributed by atoms with Gasteiger partial charge in [-0.15, -0.1) is 0 Å². The molecule has 4 aromatic carbocycles. The first kappa shape index (κ1) is 29.6. The highest BCUT2D eigenvalue weighted by Crippen LogP contribution is 2.54. The Kier molecular flexibility index (Phi) is 7.49. The van der Waals surface area contributed by atoms with Crippen LogP contribution in [0.15, 0.2) is 144 Å². The second-order valence-corrected chi connectivity index (χ2v) is 14.8. The van der Waals surface area contributed by atoms with Crippen LogP contribution in [0.25, 0.3) is 27.6 Å². The Balaban J connectivity index is 1.18. The summed E-state index contributed by atoms with van der Waals surface area (Å²) in [6.07, 6.45) is 20.1. The molecule has 4 unspecified atom stereocenters. The number of anilines is 1. The molecule has 240 valence electrons. The molecule has 1 heterocycles. The molecule has 1 fully saturated rings. The van der Waals surface area contributed by atoms with E-state index in [9.17, 15) is 0 Å². The molecular weight excluding hydrogens is 583 g/mol. The molecule has 4 aromatic rings. The zero-order chi connectivity index (χ0) is 32.2. The van der Waals surface area contributed by atoms with Crippen molar-refractivity contribution in [1.82, 2.24) is 0 Å². The Morgan fingerprint density at radius 1 is 0.771 bits per heavy atom. The van der Waals surface area contributed by atoms with Crippen molar-refractivity contribution in [1.29, 1.82) is 0 Å². The highest BCUT2D eigenvalue weighted by Gasteiger charge is 2.49. The summed E-state index contributed by atoms with van der Waals surface area (Å²) in [4.78, 5) is 2.61. The Bertz CT molecular complexity index is 2030. The Morgan fingerprint density at radius 3 is 2.46 bits per heavy atom. The van der Waals surface area contributed by atoms with Crippen LogP contribution in [0.5, 0.6) is 0 Å². The molecule has 9 rings (SSSR count). The van der Waals surface area contributed by atoms with Gasteiger partial charge in [0.05, 0.1) is 5.70 Å². The molecule has 0 N–H and O–H groups in total. The van der Waals surface area contributed by atoms with Gasteiger partial charge in [-0.3, -0.25) is 0 Å². The van der Waals surface area contributed by atoms with Crippen LogP contribution in [0.3, 0.4) is 0 Å². The predicted molar refractivity (Wildman–Crippen MR) is 200 cm³/mol. The monoisotopic (exact) mass is 627 g/mol. The van der Waals surface area contributed by atoms with Crippen LogP contribution in [0, 0.1) is 23.7 Å². The summed E-state index contributed by atoms with van der Waals surface area (Å²) >= 11 is 0. The average Bonchev–Trinajstić information content (AvgIpc) is 3.51. The lowest BCUT2D eigenvalue weighted by Crippen LogP contribution is -2.31. The van der Waals surface area contributed by atoms with Crippen molar-refractivity contribution in [3.05, 3.63) is 155 Å². The summed E-state index contributed by atoms with van der Waals surface area (Å²) < 4.78 is 7.32. The number of nitrogens with zero attached hydrogens (tertiary/aromatic N) is 1. The molecule has 1 aliphatic heterocycles. The zero-order valence-electron chi connectivity index (χ0n) is 28.2. The number of hydrogen-bond acceptors (Lipinski definition) is 2. The van der Waals surface area contributed by atoms with Crippen molar-refractivity contribution in [3.8, 4) is 11.1 Å². The van der Waals surface area contributed by atoms with E-state index in [0.717, 1.165) is 25.7 Å². The quantitative estimate of drug-likeness (QED) is 0.218. The van der Waals surface area contributed by atoms with Crippen LogP contribution in [-0.2, 0) is 11.2 Å².